The van der Waals surface area contributed by atoms with Crippen LogP contribution < -0.4 is 5.73 Å². The molecule has 1 aromatic carbocycles. The zero-order valence-corrected chi connectivity index (χ0v) is 14.8. The van der Waals surface area contributed by atoms with Crippen molar-refractivity contribution in [2.45, 2.75) is 45.8 Å². The molecule has 0 saturated carbocycles. The van der Waals surface area contributed by atoms with Gasteiger partial charge in [0.1, 0.15) is 5.60 Å². The van der Waals surface area contributed by atoms with Crippen molar-refractivity contribution in [3.8, 4) is 0 Å². The summed E-state index contributed by atoms with van der Waals surface area (Å²) in [5.41, 5.74) is 7.46. The Labute approximate surface area is 143 Å². The minimum Gasteiger partial charge on any atom is -0.444 e. The first-order chi connectivity index (χ1) is 11.3. The van der Waals surface area contributed by atoms with Gasteiger partial charge in [-0.15, -0.1) is 0 Å². The number of amides is 1. The van der Waals surface area contributed by atoms with Gasteiger partial charge in [-0.3, -0.25) is 0 Å². The van der Waals surface area contributed by atoms with Gasteiger partial charge in [-0.2, -0.15) is 0 Å². The van der Waals surface area contributed by atoms with Crippen LogP contribution in [-0.4, -0.2) is 34.3 Å². The number of hydrogen-bond donors (Lipinski definition) is 1. The van der Waals surface area contributed by atoms with Gasteiger partial charge >= 0.3 is 6.09 Å². The van der Waals surface area contributed by atoms with E-state index in [1.54, 1.807) is 0 Å². The Balaban J connectivity index is 1.59. The number of fused-ring (bicyclic) bond motifs is 1. The number of piperidine rings is 1. The first-order valence-electron chi connectivity index (χ1n) is 8.64. The molecule has 1 aliphatic rings. The highest BCUT2D eigenvalue weighted by Crippen LogP contribution is 2.25. The zero-order valence-electron chi connectivity index (χ0n) is 14.8. The topological polar surface area (TPSA) is 60.5 Å². The van der Waals surface area contributed by atoms with E-state index in [1.807, 2.05) is 37.8 Å². The van der Waals surface area contributed by atoms with Crippen LogP contribution in [0.2, 0.25) is 0 Å². The third-order valence-corrected chi connectivity index (χ3v) is 4.52. The number of benzene rings is 1. The smallest absolute Gasteiger partial charge is 0.410 e. The van der Waals surface area contributed by atoms with Gasteiger partial charge in [0.15, 0.2) is 0 Å². The summed E-state index contributed by atoms with van der Waals surface area (Å²) in [6.07, 6.45) is 3.94. The Hall–Kier alpha value is -2.17. The van der Waals surface area contributed by atoms with Crippen molar-refractivity contribution in [2.24, 2.45) is 5.92 Å². The molecule has 1 fully saturated rings. The minimum absolute atomic E-state index is 0.194. The molecule has 24 heavy (non-hydrogen) atoms. The molecule has 2 heterocycles. The van der Waals surface area contributed by atoms with Gasteiger partial charge in [0.25, 0.3) is 0 Å². The average Bonchev–Trinajstić information content (AvgIpc) is 2.88. The largest absolute Gasteiger partial charge is 0.444 e. The first-order valence-corrected chi connectivity index (χ1v) is 8.64. The van der Waals surface area contributed by atoms with Crippen LogP contribution in [0.3, 0.4) is 0 Å². The number of carbonyl (C=O) groups excluding carboxylic acids is 1. The van der Waals surface area contributed by atoms with Crippen molar-refractivity contribution in [1.82, 2.24) is 9.47 Å². The fourth-order valence-electron chi connectivity index (χ4n) is 3.26. The lowest BCUT2D eigenvalue weighted by Gasteiger charge is -2.33. The number of nitrogens with zero attached hydrogens (tertiary/aromatic N) is 2. The van der Waals surface area contributed by atoms with E-state index in [-0.39, 0.29) is 6.09 Å². The van der Waals surface area contributed by atoms with Crippen LogP contribution >= 0.6 is 0 Å². The molecule has 1 aliphatic heterocycles. The van der Waals surface area contributed by atoms with E-state index in [2.05, 4.69) is 22.9 Å². The quantitative estimate of drug-likeness (QED) is 0.851. The number of aromatic nitrogens is 1. The summed E-state index contributed by atoms with van der Waals surface area (Å²) in [6, 6.07) is 8.16. The minimum atomic E-state index is -0.433. The maximum absolute atomic E-state index is 12.1. The Kier molecular flexibility index (Phi) is 4.43. The van der Waals surface area contributed by atoms with Gasteiger partial charge in [0.05, 0.1) is 5.52 Å². The molecule has 1 saturated heterocycles. The summed E-state index contributed by atoms with van der Waals surface area (Å²) < 4.78 is 7.73. The summed E-state index contributed by atoms with van der Waals surface area (Å²) in [6.45, 7) is 8.21. The van der Waals surface area contributed by atoms with Crippen LogP contribution in [0, 0.1) is 5.92 Å². The molecule has 0 aliphatic carbocycles. The number of hydrogen-bond acceptors (Lipinski definition) is 3. The van der Waals surface area contributed by atoms with Crippen molar-refractivity contribution in [3.05, 3.63) is 30.5 Å². The molecule has 0 spiro atoms. The SMILES string of the molecule is CC(C)(C)OC(=O)N1CCC(Cn2ccc3ccc(N)cc32)CC1. The second-order valence-electron chi connectivity index (χ2n) is 7.70. The van der Waals surface area contributed by atoms with Crippen LogP contribution in [0.4, 0.5) is 10.5 Å². The van der Waals surface area contributed by atoms with Crippen molar-refractivity contribution in [1.29, 1.82) is 0 Å². The predicted octanol–water partition coefficient (Wildman–Crippen LogP) is 3.87. The Bertz CT molecular complexity index is 722. The van der Waals surface area contributed by atoms with E-state index in [9.17, 15) is 4.79 Å². The average molecular weight is 329 g/mol. The number of ether oxygens (including phenoxy) is 1. The predicted molar refractivity (Wildman–Crippen MR) is 96.9 cm³/mol. The van der Waals surface area contributed by atoms with E-state index in [0.717, 1.165) is 38.2 Å². The Morgan fingerprint density at radius 1 is 1.25 bits per heavy atom. The van der Waals surface area contributed by atoms with Crippen molar-refractivity contribution < 1.29 is 9.53 Å². The normalized spacial score (nSPS) is 16.5. The molecule has 1 amide bonds. The molecule has 0 bridgehead atoms. The van der Waals surface area contributed by atoms with Crippen molar-refractivity contribution >= 4 is 22.7 Å². The molecule has 130 valence electrons. The number of nitrogens with two attached hydrogens (primary N) is 1. The standard InChI is InChI=1S/C19H27N3O2/c1-19(2,3)24-18(23)21-9-6-14(7-10-21)13-22-11-8-15-4-5-16(20)12-17(15)22/h4-5,8,11-12,14H,6-7,9-10,13,20H2,1-3H3. The van der Waals surface area contributed by atoms with Crippen LogP contribution in [-0.2, 0) is 11.3 Å². The number of anilines is 1. The van der Waals surface area contributed by atoms with Crippen LogP contribution in [0.25, 0.3) is 10.9 Å². The molecule has 2 N–H and O–H groups in total. The summed E-state index contributed by atoms with van der Waals surface area (Å²) in [4.78, 5) is 14.0. The third-order valence-electron chi connectivity index (χ3n) is 4.52. The molecule has 0 radical (unpaired) electrons. The number of likely N-dealkylation sites (tertiary alicyclic amines) is 1. The highest BCUT2D eigenvalue weighted by molar-refractivity contribution is 5.83. The fourth-order valence-corrected chi connectivity index (χ4v) is 3.26. The summed E-state index contributed by atoms with van der Waals surface area (Å²) in [5, 5.41) is 1.22. The van der Waals surface area contributed by atoms with Crippen molar-refractivity contribution in [2.75, 3.05) is 18.8 Å². The molecule has 0 atom stereocenters. The van der Waals surface area contributed by atoms with Gasteiger partial charge in [-0.1, -0.05) is 6.07 Å². The maximum atomic E-state index is 12.1. The summed E-state index contributed by atoms with van der Waals surface area (Å²) in [5.74, 6) is 0.570. The molecular formula is C19H27N3O2. The first kappa shape index (κ1) is 16.7. The molecule has 3 rings (SSSR count). The maximum Gasteiger partial charge on any atom is 0.410 e. The molecule has 2 aromatic rings. The van der Waals surface area contributed by atoms with Crippen LogP contribution in [0.5, 0.6) is 0 Å². The Morgan fingerprint density at radius 3 is 2.62 bits per heavy atom. The van der Waals surface area contributed by atoms with Gasteiger partial charge in [-0.25, -0.2) is 4.79 Å². The summed E-state index contributed by atoms with van der Waals surface area (Å²) >= 11 is 0. The lowest BCUT2D eigenvalue weighted by atomic mass is 9.97. The fraction of sp³-hybridized carbons (Fsp3) is 0.526. The monoisotopic (exact) mass is 329 g/mol. The van der Waals surface area contributed by atoms with Crippen LogP contribution in [0.15, 0.2) is 30.5 Å². The molecule has 5 nitrogen and oxygen atoms in total. The van der Waals surface area contributed by atoms with E-state index in [1.165, 1.54) is 10.9 Å². The highest BCUT2D eigenvalue weighted by atomic mass is 16.6. The summed E-state index contributed by atoms with van der Waals surface area (Å²) in [7, 11) is 0. The molecule has 0 unspecified atom stereocenters. The Morgan fingerprint density at radius 2 is 1.96 bits per heavy atom. The van der Waals surface area contributed by atoms with Gasteiger partial charge < -0.3 is 19.9 Å². The number of rotatable bonds is 2. The number of carbonyl (C=O) groups is 1. The zero-order chi connectivity index (χ0) is 17.3. The second kappa shape index (κ2) is 6.38. The van der Waals surface area contributed by atoms with Gasteiger partial charge in [0, 0.05) is 31.5 Å². The highest BCUT2D eigenvalue weighted by Gasteiger charge is 2.27. The van der Waals surface area contributed by atoms with Gasteiger partial charge in [-0.05, 0) is 63.1 Å². The number of nitrogen functional groups attached to an aromatic ring is 1. The van der Waals surface area contributed by atoms with Crippen molar-refractivity contribution in [3.63, 3.8) is 0 Å². The van der Waals surface area contributed by atoms with Gasteiger partial charge in [0.2, 0.25) is 0 Å². The van der Waals surface area contributed by atoms with E-state index in [4.69, 9.17) is 10.5 Å². The molecule has 1 aromatic heterocycles. The third kappa shape index (κ3) is 3.83. The van der Waals surface area contributed by atoms with E-state index < -0.39 is 5.60 Å². The lowest BCUT2D eigenvalue weighted by Crippen LogP contribution is -2.42. The van der Waals surface area contributed by atoms with Crippen LogP contribution in [0.1, 0.15) is 33.6 Å². The second-order valence-corrected chi connectivity index (χ2v) is 7.70. The van der Waals surface area contributed by atoms with E-state index in [0.29, 0.717) is 5.92 Å². The van der Waals surface area contributed by atoms with E-state index >= 15 is 0 Å². The molecular weight excluding hydrogens is 302 g/mol. The lowest BCUT2D eigenvalue weighted by molar-refractivity contribution is 0.0178. The molecule has 5 heteroatoms.